The number of rotatable bonds is 2. The molecule has 4 N–H and O–H groups in total. The van der Waals surface area contributed by atoms with Crippen molar-refractivity contribution in [3.8, 4) is 0 Å². The van der Waals surface area contributed by atoms with Gasteiger partial charge < -0.3 is 11.1 Å². The highest BCUT2D eigenvalue weighted by Crippen LogP contribution is 2.21. The second-order valence-corrected chi connectivity index (χ2v) is 4.16. The zero-order valence-corrected chi connectivity index (χ0v) is 10.1. The van der Waals surface area contributed by atoms with E-state index in [-0.39, 0.29) is 5.91 Å². The van der Waals surface area contributed by atoms with Crippen molar-refractivity contribution in [3.63, 3.8) is 0 Å². The first-order valence-corrected chi connectivity index (χ1v) is 5.84. The Morgan fingerprint density at radius 1 is 1.11 bits per heavy atom. The Labute approximate surface area is 109 Å². The molecule has 5 nitrogen and oxygen atoms in total. The molecule has 0 aliphatic carbocycles. The fourth-order valence-corrected chi connectivity index (χ4v) is 1.94. The number of nitrogens with zero attached hydrogens (tertiary/aromatic N) is 1. The van der Waals surface area contributed by atoms with Crippen molar-refractivity contribution in [2.75, 3.05) is 11.1 Å². The number of carbonyl (C=O) groups excluding carboxylic acids is 1. The number of nitrogens with two attached hydrogens (primary N) is 1. The highest BCUT2D eigenvalue weighted by molar-refractivity contribution is 6.10. The zero-order chi connectivity index (χ0) is 13.2. The summed E-state index contributed by atoms with van der Waals surface area (Å²) < 4.78 is 0. The minimum atomic E-state index is -0.268. The van der Waals surface area contributed by atoms with Gasteiger partial charge in [0.25, 0.3) is 5.91 Å². The quantitative estimate of drug-likeness (QED) is 0.612. The maximum absolute atomic E-state index is 12.1. The summed E-state index contributed by atoms with van der Waals surface area (Å²) in [6.45, 7) is 0. The van der Waals surface area contributed by atoms with E-state index in [9.17, 15) is 4.79 Å². The van der Waals surface area contributed by atoms with Crippen molar-refractivity contribution in [2.24, 2.45) is 0 Å². The zero-order valence-electron chi connectivity index (χ0n) is 10.1. The number of anilines is 2. The van der Waals surface area contributed by atoms with Crippen LogP contribution in [0.3, 0.4) is 0 Å². The molecule has 0 unspecified atom stereocenters. The lowest BCUT2D eigenvalue weighted by atomic mass is 10.1. The molecule has 94 valence electrons. The van der Waals surface area contributed by atoms with E-state index in [1.165, 1.54) is 0 Å². The third kappa shape index (κ3) is 2.01. The molecule has 19 heavy (non-hydrogen) atoms. The van der Waals surface area contributed by atoms with Gasteiger partial charge in [0, 0.05) is 11.1 Å². The van der Waals surface area contributed by atoms with Crippen LogP contribution < -0.4 is 11.1 Å². The second kappa shape index (κ2) is 4.45. The molecule has 5 heteroatoms. The predicted octanol–water partition coefficient (Wildman–Crippen LogP) is 2.40. The normalized spacial score (nSPS) is 10.5. The highest BCUT2D eigenvalue weighted by Gasteiger charge is 2.12. The van der Waals surface area contributed by atoms with Crippen molar-refractivity contribution in [1.29, 1.82) is 0 Å². The van der Waals surface area contributed by atoms with Crippen LogP contribution in [-0.2, 0) is 0 Å². The molecule has 0 aliphatic rings. The standard InChI is InChI=1S/C14H12N4O/c15-11-7-3-1-5-9(11)14(19)16-13-10-6-2-4-8-12(10)17-18-13/h1-8H,15H2,(H2,16,17,18,19). The van der Waals surface area contributed by atoms with E-state index >= 15 is 0 Å². The first kappa shape index (κ1) is 11.3. The number of nitrogen functional groups attached to an aromatic ring is 1. The number of fused-ring (bicyclic) bond motifs is 1. The number of aromatic nitrogens is 2. The predicted molar refractivity (Wildman–Crippen MR) is 74.9 cm³/mol. The van der Waals surface area contributed by atoms with Crippen LogP contribution in [0, 0.1) is 0 Å². The molecule has 0 radical (unpaired) electrons. The Bertz CT molecular complexity index is 748. The van der Waals surface area contributed by atoms with Crippen LogP contribution in [0.2, 0.25) is 0 Å². The van der Waals surface area contributed by atoms with Gasteiger partial charge in [0.15, 0.2) is 5.82 Å². The van der Waals surface area contributed by atoms with Gasteiger partial charge in [-0.25, -0.2) is 0 Å². The number of H-pyrrole nitrogens is 1. The Morgan fingerprint density at radius 2 is 1.84 bits per heavy atom. The minimum Gasteiger partial charge on any atom is -0.398 e. The van der Waals surface area contributed by atoms with E-state index in [0.29, 0.717) is 17.1 Å². The summed E-state index contributed by atoms with van der Waals surface area (Å²) in [5.41, 5.74) is 7.53. The van der Waals surface area contributed by atoms with Crippen LogP contribution in [0.4, 0.5) is 11.5 Å². The number of hydrogen-bond acceptors (Lipinski definition) is 3. The third-order valence-corrected chi connectivity index (χ3v) is 2.91. The van der Waals surface area contributed by atoms with Gasteiger partial charge in [-0.05, 0) is 24.3 Å². The molecule has 1 amide bonds. The first-order valence-electron chi connectivity index (χ1n) is 5.84. The summed E-state index contributed by atoms with van der Waals surface area (Å²) in [6, 6.07) is 14.5. The lowest BCUT2D eigenvalue weighted by Crippen LogP contribution is -2.14. The van der Waals surface area contributed by atoms with Gasteiger partial charge in [0.1, 0.15) is 0 Å². The van der Waals surface area contributed by atoms with E-state index in [4.69, 9.17) is 5.73 Å². The number of nitrogens with one attached hydrogen (secondary N) is 2. The molecule has 3 rings (SSSR count). The molecular weight excluding hydrogens is 240 g/mol. The van der Waals surface area contributed by atoms with Gasteiger partial charge in [-0.2, -0.15) is 5.10 Å². The number of carbonyl (C=O) groups is 1. The van der Waals surface area contributed by atoms with E-state index in [1.807, 2.05) is 24.3 Å². The second-order valence-electron chi connectivity index (χ2n) is 4.16. The largest absolute Gasteiger partial charge is 0.398 e. The Hall–Kier alpha value is -2.82. The van der Waals surface area contributed by atoms with E-state index < -0.39 is 0 Å². The van der Waals surface area contributed by atoms with Gasteiger partial charge in [-0.1, -0.05) is 24.3 Å². The maximum Gasteiger partial charge on any atom is 0.258 e. The van der Waals surface area contributed by atoms with Gasteiger partial charge in [0.2, 0.25) is 0 Å². The number of para-hydroxylation sites is 2. The molecule has 0 fully saturated rings. The van der Waals surface area contributed by atoms with Crippen LogP contribution in [0.25, 0.3) is 10.9 Å². The number of aromatic amines is 1. The molecule has 0 aliphatic heterocycles. The van der Waals surface area contributed by atoms with Gasteiger partial charge in [0.05, 0.1) is 11.1 Å². The summed E-state index contributed by atoms with van der Waals surface area (Å²) in [5, 5.41) is 10.6. The fraction of sp³-hybridized carbons (Fsp3) is 0. The molecule has 1 heterocycles. The Balaban J connectivity index is 1.94. The highest BCUT2D eigenvalue weighted by atomic mass is 16.1. The molecule has 0 saturated carbocycles. The van der Waals surface area contributed by atoms with E-state index in [0.717, 1.165) is 10.9 Å². The lowest BCUT2D eigenvalue weighted by molar-refractivity contribution is 0.102. The molecule has 0 bridgehead atoms. The van der Waals surface area contributed by atoms with Crippen molar-refractivity contribution in [3.05, 3.63) is 54.1 Å². The molecule has 0 atom stereocenters. The van der Waals surface area contributed by atoms with Crippen molar-refractivity contribution in [2.45, 2.75) is 0 Å². The Kier molecular flexibility index (Phi) is 2.64. The van der Waals surface area contributed by atoms with Gasteiger partial charge in [-0.3, -0.25) is 9.89 Å². The number of hydrogen-bond donors (Lipinski definition) is 3. The topological polar surface area (TPSA) is 83.8 Å². The average Bonchev–Trinajstić information content (AvgIpc) is 2.83. The summed E-state index contributed by atoms with van der Waals surface area (Å²) >= 11 is 0. The van der Waals surface area contributed by atoms with Crippen LogP contribution >= 0.6 is 0 Å². The average molecular weight is 252 g/mol. The third-order valence-electron chi connectivity index (χ3n) is 2.91. The fourth-order valence-electron chi connectivity index (χ4n) is 1.94. The number of benzene rings is 2. The van der Waals surface area contributed by atoms with Crippen molar-refractivity contribution in [1.82, 2.24) is 10.2 Å². The smallest absolute Gasteiger partial charge is 0.258 e. The van der Waals surface area contributed by atoms with E-state index in [1.54, 1.807) is 24.3 Å². The molecule has 1 aromatic heterocycles. The summed E-state index contributed by atoms with van der Waals surface area (Å²) in [7, 11) is 0. The summed E-state index contributed by atoms with van der Waals surface area (Å²) in [4.78, 5) is 12.1. The molecular formula is C14H12N4O. The lowest BCUT2D eigenvalue weighted by Gasteiger charge is -2.05. The van der Waals surface area contributed by atoms with Gasteiger partial charge >= 0.3 is 0 Å². The SMILES string of the molecule is Nc1ccccc1C(=O)Nc1n[nH]c2ccccc12. The van der Waals surface area contributed by atoms with Crippen LogP contribution in [0.1, 0.15) is 10.4 Å². The Morgan fingerprint density at radius 3 is 2.68 bits per heavy atom. The summed E-state index contributed by atoms with van der Waals surface area (Å²) in [6.07, 6.45) is 0. The molecule has 3 aromatic rings. The van der Waals surface area contributed by atoms with Crippen molar-refractivity contribution >= 4 is 28.3 Å². The number of amides is 1. The monoisotopic (exact) mass is 252 g/mol. The first-order chi connectivity index (χ1) is 9.25. The van der Waals surface area contributed by atoms with Gasteiger partial charge in [-0.15, -0.1) is 0 Å². The van der Waals surface area contributed by atoms with Crippen molar-refractivity contribution < 1.29 is 4.79 Å². The molecule has 0 saturated heterocycles. The maximum atomic E-state index is 12.1. The summed E-state index contributed by atoms with van der Waals surface area (Å²) in [5.74, 6) is 0.235. The molecule has 0 spiro atoms. The van der Waals surface area contributed by atoms with Crippen LogP contribution in [0.5, 0.6) is 0 Å². The minimum absolute atomic E-state index is 0.268. The van der Waals surface area contributed by atoms with E-state index in [2.05, 4.69) is 15.5 Å². The van der Waals surface area contributed by atoms with Crippen LogP contribution in [0.15, 0.2) is 48.5 Å². The van der Waals surface area contributed by atoms with Crippen LogP contribution in [-0.4, -0.2) is 16.1 Å². The molecule has 2 aromatic carbocycles.